The number of fused-ring (bicyclic) bond motifs is 2. The van der Waals surface area contributed by atoms with Gasteiger partial charge in [-0.05, 0) is 49.8 Å². The summed E-state index contributed by atoms with van der Waals surface area (Å²) < 4.78 is 0. The van der Waals surface area contributed by atoms with E-state index >= 15 is 0 Å². The minimum atomic E-state index is 0.873. The third-order valence-corrected chi connectivity index (χ3v) is 4.42. The summed E-state index contributed by atoms with van der Waals surface area (Å²) in [6.45, 7) is 1.10. The molecule has 0 radical (unpaired) electrons. The molecule has 0 unspecified atom stereocenters. The first-order valence-corrected chi connectivity index (χ1v) is 7.79. The maximum Gasteiger partial charge on any atom is 0.0562 e. The predicted molar refractivity (Wildman–Crippen MR) is 93.3 cm³/mol. The van der Waals surface area contributed by atoms with Crippen molar-refractivity contribution < 1.29 is 0 Å². The topological polar surface area (TPSA) is 3.24 Å². The van der Waals surface area contributed by atoms with Crippen LogP contribution in [0.3, 0.4) is 0 Å². The van der Waals surface area contributed by atoms with Gasteiger partial charge in [-0.3, -0.25) is 0 Å². The van der Waals surface area contributed by atoms with Gasteiger partial charge < -0.3 is 4.90 Å². The average molecular weight is 298 g/mol. The summed E-state index contributed by atoms with van der Waals surface area (Å²) in [5, 5.41) is 5.79. The van der Waals surface area contributed by atoms with Crippen LogP contribution in [-0.2, 0) is 6.42 Å². The number of benzene rings is 3. The molecule has 0 aliphatic rings. The molecule has 0 spiro atoms. The van der Waals surface area contributed by atoms with Crippen LogP contribution < -0.4 is 0 Å². The van der Waals surface area contributed by atoms with Crippen LogP contribution in [0.4, 0.5) is 0 Å². The minimum Gasteiger partial charge on any atom is -0.309 e. The number of nitrogens with zero attached hydrogens (tertiary/aromatic N) is 1. The van der Waals surface area contributed by atoms with Crippen LogP contribution >= 0.6 is 11.6 Å². The highest BCUT2D eigenvalue weighted by atomic mass is 35.5. The summed E-state index contributed by atoms with van der Waals surface area (Å²) in [5.41, 5.74) is 1.42. The number of rotatable bonds is 4. The van der Waals surface area contributed by atoms with Crippen molar-refractivity contribution in [1.82, 2.24) is 4.90 Å². The van der Waals surface area contributed by atoms with Crippen LogP contribution in [0, 0.1) is 0 Å². The fourth-order valence-corrected chi connectivity index (χ4v) is 3.34. The van der Waals surface area contributed by atoms with E-state index in [4.69, 9.17) is 11.6 Å². The van der Waals surface area contributed by atoms with Crippen molar-refractivity contribution in [3.8, 4) is 0 Å². The molecule has 3 aromatic carbocycles. The van der Waals surface area contributed by atoms with Gasteiger partial charge >= 0.3 is 0 Å². The third kappa shape index (κ3) is 2.76. The van der Waals surface area contributed by atoms with Crippen LogP contribution in [-0.4, -0.2) is 25.5 Å². The van der Waals surface area contributed by atoms with E-state index in [2.05, 4.69) is 67.5 Å². The number of hydrogen-bond donors (Lipinski definition) is 0. The van der Waals surface area contributed by atoms with Crippen LogP contribution in [0.25, 0.3) is 21.5 Å². The van der Waals surface area contributed by atoms with Crippen LogP contribution in [0.15, 0.2) is 48.5 Å². The summed E-state index contributed by atoms with van der Waals surface area (Å²) in [6.07, 6.45) is 2.24. The highest BCUT2D eigenvalue weighted by Crippen LogP contribution is 2.36. The molecule has 0 bridgehead atoms. The molecule has 0 amide bonds. The molecule has 0 heterocycles. The SMILES string of the molecule is CN(C)CCCc1c2ccccc2c(Cl)c2ccccc12. The van der Waals surface area contributed by atoms with E-state index in [1.807, 2.05) is 0 Å². The molecule has 0 aromatic heterocycles. The van der Waals surface area contributed by atoms with Crippen molar-refractivity contribution in [3.63, 3.8) is 0 Å². The molecule has 108 valence electrons. The lowest BCUT2D eigenvalue weighted by Crippen LogP contribution is -2.13. The summed E-state index contributed by atoms with van der Waals surface area (Å²) in [6, 6.07) is 17.0. The number of halogens is 1. The highest BCUT2D eigenvalue weighted by molar-refractivity contribution is 6.41. The quantitative estimate of drug-likeness (QED) is 0.603. The molecule has 0 saturated carbocycles. The molecule has 0 N–H and O–H groups in total. The fourth-order valence-electron chi connectivity index (χ4n) is 3.01. The normalized spacial score (nSPS) is 11.6. The second-order valence-corrected chi connectivity index (χ2v) is 6.17. The van der Waals surface area contributed by atoms with Gasteiger partial charge in [0, 0.05) is 10.8 Å². The Balaban J connectivity index is 2.20. The summed E-state index contributed by atoms with van der Waals surface area (Å²) in [7, 11) is 4.25. The van der Waals surface area contributed by atoms with Gasteiger partial charge in [-0.15, -0.1) is 0 Å². The van der Waals surface area contributed by atoms with E-state index in [0.29, 0.717) is 0 Å². The first kappa shape index (κ1) is 14.4. The zero-order valence-electron chi connectivity index (χ0n) is 12.6. The fraction of sp³-hybridized carbons (Fsp3) is 0.263. The standard InChI is InChI=1S/C19H20ClN/c1-21(2)13-7-12-14-15-8-3-5-10-17(15)19(20)18-11-6-4-9-16(14)18/h3-6,8-11H,7,12-13H2,1-2H3. The second-order valence-electron chi connectivity index (χ2n) is 5.79. The van der Waals surface area contributed by atoms with Gasteiger partial charge in [-0.2, -0.15) is 0 Å². The molecular weight excluding hydrogens is 278 g/mol. The first-order valence-electron chi connectivity index (χ1n) is 7.41. The Kier molecular flexibility index (Phi) is 4.14. The molecule has 1 nitrogen and oxygen atoms in total. The Morgan fingerprint density at radius 2 is 1.29 bits per heavy atom. The highest BCUT2D eigenvalue weighted by Gasteiger charge is 2.11. The van der Waals surface area contributed by atoms with Gasteiger partial charge in [-0.25, -0.2) is 0 Å². The van der Waals surface area contributed by atoms with Crippen LogP contribution in [0.1, 0.15) is 12.0 Å². The smallest absolute Gasteiger partial charge is 0.0562 e. The van der Waals surface area contributed by atoms with E-state index in [9.17, 15) is 0 Å². The summed E-state index contributed by atoms with van der Waals surface area (Å²) in [4.78, 5) is 2.24. The molecule has 2 heteroatoms. The molecule has 0 aliphatic heterocycles. The molecule has 0 saturated heterocycles. The Bertz CT molecular complexity index is 720. The van der Waals surface area contributed by atoms with Crippen molar-refractivity contribution >= 4 is 33.1 Å². The van der Waals surface area contributed by atoms with Crippen molar-refractivity contribution in [1.29, 1.82) is 0 Å². The van der Waals surface area contributed by atoms with E-state index in [-0.39, 0.29) is 0 Å². The molecule has 3 aromatic rings. The lowest BCUT2D eigenvalue weighted by molar-refractivity contribution is 0.401. The zero-order valence-corrected chi connectivity index (χ0v) is 13.3. The van der Waals surface area contributed by atoms with E-state index in [0.717, 1.165) is 35.2 Å². The van der Waals surface area contributed by atoms with Crippen molar-refractivity contribution in [2.75, 3.05) is 20.6 Å². The lowest BCUT2D eigenvalue weighted by Gasteiger charge is -2.15. The summed E-state index contributed by atoms with van der Waals surface area (Å²) >= 11 is 6.62. The van der Waals surface area contributed by atoms with Crippen LogP contribution in [0.2, 0.25) is 5.02 Å². The van der Waals surface area contributed by atoms with Gasteiger partial charge in [0.1, 0.15) is 0 Å². The van der Waals surface area contributed by atoms with Crippen molar-refractivity contribution in [2.24, 2.45) is 0 Å². The van der Waals surface area contributed by atoms with Crippen molar-refractivity contribution in [3.05, 3.63) is 59.1 Å². The largest absolute Gasteiger partial charge is 0.309 e. The third-order valence-electron chi connectivity index (χ3n) is 4.01. The molecule has 3 rings (SSSR count). The maximum absolute atomic E-state index is 6.62. The maximum atomic E-state index is 6.62. The lowest BCUT2D eigenvalue weighted by atomic mass is 9.94. The summed E-state index contributed by atoms with van der Waals surface area (Å²) in [5.74, 6) is 0. The minimum absolute atomic E-state index is 0.873. The Labute approximate surface area is 131 Å². The van der Waals surface area contributed by atoms with Gasteiger partial charge in [0.15, 0.2) is 0 Å². The Morgan fingerprint density at radius 1 is 0.810 bits per heavy atom. The van der Waals surface area contributed by atoms with E-state index in [1.54, 1.807) is 0 Å². The van der Waals surface area contributed by atoms with Gasteiger partial charge in [0.25, 0.3) is 0 Å². The zero-order chi connectivity index (χ0) is 14.8. The predicted octanol–water partition coefficient (Wildman–Crippen LogP) is 5.14. The second kappa shape index (κ2) is 6.05. The number of aryl methyl sites for hydroxylation is 1. The molecular formula is C19H20ClN. The molecule has 0 atom stereocenters. The van der Waals surface area contributed by atoms with E-state index in [1.165, 1.54) is 16.3 Å². The van der Waals surface area contributed by atoms with Crippen LogP contribution in [0.5, 0.6) is 0 Å². The van der Waals surface area contributed by atoms with Crippen molar-refractivity contribution in [2.45, 2.75) is 12.8 Å². The van der Waals surface area contributed by atoms with Gasteiger partial charge in [0.2, 0.25) is 0 Å². The monoisotopic (exact) mass is 297 g/mol. The molecule has 21 heavy (non-hydrogen) atoms. The molecule has 0 fully saturated rings. The van der Waals surface area contributed by atoms with E-state index < -0.39 is 0 Å². The molecule has 0 aliphatic carbocycles. The Hall–Kier alpha value is -1.57. The van der Waals surface area contributed by atoms with Gasteiger partial charge in [-0.1, -0.05) is 60.1 Å². The first-order chi connectivity index (χ1) is 10.2. The number of hydrogen-bond acceptors (Lipinski definition) is 1. The van der Waals surface area contributed by atoms with Gasteiger partial charge in [0.05, 0.1) is 5.02 Å². The Morgan fingerprint density at radius 3 is 1.76 bits per heavy atom. The average Bonchev–Trinajstić information content (AvgIpc) is 2.50.